The van der Waals surface area contributed by atoms with Gasteiger partial charge >= 0.3 is 0 Å². The summed E-state index contributed by atoms with van der Waals surface area (Å²) >= 11 is 6.04. The first kappa shape index (κ1) is 10.9. The Kier molecular flexibility index (Phi) is 4.27. The zero-order chi connectivity index (χ0) is 10.4. The fraction of sp³-hybridized carbons (Fsp3) is 0.143. The van der Waals surface area contributed by atoms with Gasteiger partial charge in [-0.2, -0.15) is 0 Å². The molecule has 0 saturated heterocycles. The van der Waals surface area contributed by atoms with Crippen molar-refractivity contribution in [3.63, 3.8) is 0 Å². The van der Waals surface area contributed by atoms with Gasteiger partial charge in [0.2, 0.25) is 0 Å². The van der Waals surface area contributed by atoms with Crippen LogP contribution in [0.1, 0.15) is 5.69 Å². The van der Waals surface area contributed by atoms with Crippen LogP contribution in [-0.4, -0.2) is 26.4 Å². The second-order valence-electron chi connectivity index (χ2n) is 2.11. The van der Waals surface area contributed by atoms with E-state index >= 15 is 0 Å². The molecule has 0 radical (unpaired) electrons. The Hall–Kier alpha value is -1.21. The maximum atomic E-state index is 5.55. The molecule has 1 rings (SSSR count). The summed E-state index contributed by atoms with van der Waals surface area (Å²) in [5.41, 5.74) is 6.01. The van der Waals surface area contributed by atoms with Crippen molar-refractivity contribution in [3.05, 3.63) is 24.3 Å². The number of amidine groups is 1. The molecule has 0 aromatic carbocycles. The molecular weight excluding hydrogens is 220 g/mol. The molecule has 2 N–H and O–H groups in total. The first-order valence-corrected chi connectivity index (χ1v) is 5.22. The van der Waals surface area contributed by atoms with Crippen LogP contribution in [-0.2, 0) is 4.84 Å². The number of oxime groups is 1. The predicted molar refractivity (Wildman–Crippen MR) is 60.0 cm³/mol. The highest BCUT2D eigenvalue weighted by molar-refractivity contribution is 8.22. The third kappa shape index (κ3) is 3.27. The minimum atomic E-state index is 0.148. The van der Waals surface area contributed by atoms with E-state index in [1.165, 1.54) is 24.2 Å². The maximum Gasteiger partial charge on any atom is 0.255 e. The number of aromatic nitrogens is 2. The molecule has 0 saturated carbocycles. The SMILES string of the molecule is CSC(=S)O/N=C(\N)c1cnccn1. The lowest BCUT2D eigenvalue weighted by Crippen LogP contribution is -2.16. The number of nitrogens with two attached hydrogens (primary N) is 1. The van der Waals surface area contributed by atoms with Gasteiger partial charge in [-0.1, -0.05) is 16.9 Å². The predicted octanol–water partition coefficient (Wildman–Crippen LogP) is 0.761. The smallest absolute Gasteiger partial charge is 0.255 e. The van der Waals surface area contributed by atoms with Gasteiger partial charge in [-0.15, -0.1) is 0 Å². The van der Waals surface area contributed by atoms with E-state index in [1.54, 1.807) is 12.5 Å². The zero-order valence-electron chi connectivity index (χ0n) is 7.38. The van der Waals surface area contributed by atoms with Crippen LogP contribution in [0.3, 0.4) is 0 Å². The molecule has 0 unspecified atom stereocenters. The van der Waals surface area contributed by atoms with Crippen LogP contribution >= 0.6 is 24.0 Å². The van der Waals surface area contributed by atoms with E-state index in [-0.39, 0.29) is 5.84 Å². The maximum absolute atomic E-state index is 5.55. The van der Waals surface area contributed by atoms with Gasteiger partial charge in [0.05, 0.1) is 6.20 Å². The van der Waals surface area contributed by atoms with Gasteiger partial charge in [0.1, 0.15) is 5.69 Å². The highest BCUT2D eigenvalue weighted by Gasteiger charge is 2.00. The summed E-state index contributed by atoms with van der Waals surface area (Å²) < 4.78 is 0.303. The van der Waals surface area contributed by atoms with Gasteiger partial charge < -0.3 is 10.6 Å². The van der Waals surface area contributed by atoms with E-state index in [1.807, 2.05) is 0 Å². The van der Waals surface area contributed by atoms with Crippen molar-refractivity contribution in [3.8, 4) is 0 Å². The van der Waals surface area contributed by atoms with Crippen molar-refractivity contribution in [2.24, 2.45) is 10.9 Å². The second-order valence-corrected chi connectivity index (χ2v) is 3.52. The minimum Gasteiger partial charge on any atom is -0.379 e. The lowest BCUT2D eigenvalue weighted by Gasteiger charge is -1.98. The zero-order valence-corrected chi connectivity index (χ0v) is 9.01. The quantitative estimate of drug-likeness (QED) is 0.349. The summed E-state index contributed by atoms with van der Waals surface area (Å²) in [6.45, 7) is 0. The van der Waals surface area contributed by atoms with Gasteiger partial charge in [-0.25, -0.2) is 4.98 Å². The Morgan fingerprint density at radius 2 is 2.43 bits per heavy atom. The van der Waals surface area contributed by atoms with Crippen molar-refractivity contribution in [2.75, 3.05) is 6.26 Å². The van der Waals surface area contributed by atoms with Gasteiger partial charge in [0.25, 0.3) is 4.38 Å². The fourth-order valence-corrected chi connectivity index (χ4v) is 0.751. The number of thiocarbonyl (C=S) groups is 1. The van der Waals surface area contributed by atoms with Gasteiger partial charge in [-0.05, 0) is 18.5 Å². The highest BCUT2D eigenvalue weighted by atomic mass is 32.2. The molecule has 0 spiro atoms. The number of thioether (sulfide) groups is 1. The topological polar surface area (TPSA) is 73.4 Å². The molecule has 7 heteroatoms. The Morgan fingerprint density at radius 3 is 3.00 bits per heavy atom. The largest absolute Gasteiger partial charge is 0.379 e. The van der Waals surface area contributed by atoms with Crippen LogP contribution in [0.2, 0.25) is 0 Å². The first-order chi connectivity index (χ1) is 6.74. The lowest BCUT2D eigenvalue weighted by atomic mass is 10.4. The van der Waals surface area contributed by atoms with E-state index in [0.717, 1.165) is 0 Å². The van der Waals surface area contributed by atoms with E-state index in [2.05, 4.69) is 15.1 Å². The molecule has 74 valence electrons. The van der Waals surface area contributed by atoms with E-state index in [0.29, 0.717) is 10.1 Å². The van der Waals surface area contributed by atoms with Crippen molar-refractivity contribution < 1.29 is 4.84 Å². The molecule has 5 nitrogen and oxygen atoms in total. The Balaban J connectivity index is 2.66. The fourth-order valence-electron chi connectivity index (χ4n) is 0.602. The van der Waals surface area contributed by atoms with E-state index in [4.69, 9.17) is 22.8 Å². The second kappa shape index (κ2) is 5.51. The van der Waals surface area contributed by atoms with E-state index in [9.17, 15) is 0 Å². The molecule has 0 atom stereocenters. The summed E-state index contributed by atoms with van der Waals surface area (Å²) in [6, 6.07) is 0. The number of nitrogens with zero attached hydrogens (tertiary/aromatic N) is 3. The summed E-state index contributed by atoms with van der Waals surface area (Å²) in [7, 11) is 0. The molecular formula is C7H8N4OS2. The van der Waals surface area contributed by atoms with Crippen LogP contribution in [0.15, 0.2) is 23.7 Å². The molecule has 14 heavy (non-hydrogen) atoms. The summed E-state index contributed by atoms with van der Waals surface area (Å²) in [4.78, 5) is 12.6. The van der Waals surface area contributed by atoms with Crippen LogP contribution in [0.4, 0.5) is 0 Å². The Morgan fingerprint density at radius 1 is 1.64 bits per heavy atom. The van der Waals surface area contributed by atoms with Crippen molar-refractivity contribution in [1.82, 2.24) is 9.97 Å². The minimum absolute atomic E-state index is 0.148. The molecule has 1 aromatic heterocycles. The summed E-state index contributed by atoms with van der Waals surface area (Å²) in [5.74, 6) is 0.148. The molecule has 1 heterocycles. The van der Waals surface area contributed by atoms with Crippen LogP contribution in [0.5, 0.6) is 0 Å². The van der Waals surface area contributed by atoms with Crippen molar-refractivity contribution in [2.45, 2.75) is 0 Å². The first-order valence-electron chi connectivity index (χ1n) is 3.59. The molecule has 0 aliphatic carbocycles. The highest BCUT2D eigenvalue weighted by Crippen LogP contribution is 2.00. The molecule has 0 aliphatic rings. The Bertz CT molecular complexity index is 341. The molecule has 0 fully saturated rings. The van der Waals surface area contributed by atoms with Crippen molar-refractivity contribution >= 4 is 34.2 Å². The number of hydrogen-bond acceptors (Lipinski definition) is 6. The number of rotatable bonds is 2. The average molecular weight is 228 g/mol. The standard InChI is InChI=1S/C7H8N4OS2/c1-14-7(13)12-11-6(8)5-4-9-2-3-10-5/h2-4H,1H3,(H2,8,11). The molecule has 1 aromatic rings. The Labute approximate surface area is 90.8 Å². The van der Waals surface area contributed by atoms with Crippen LogP contribution in [0.25, 0.3) is 0 Å². The summed E-state index contributed by atoms with van der Waals surface area (Å²) in [6.07, 6.45) is 6.34. The third-order valence-corrected chi connectivity index (χ3v) is 2.19. The van der Waals surface area contributed by atoms with Gasteiger partial charge in [0.15, 0.2) is 5.84 Å². The van der Waals surface area contributed by atoms with Gasteiger partial charge in [0, 0.05) is 12.4 Å². The van der Waals surface area contributed by atoms with E-state index < -0.39 is 0 Å². The monoisotopic (exact) mass is 228 g/mol. The van der Waals surface area contributed by atoms with Crippen LogP contribution in [0, 0.1) is 0 Å². The molecule has 0 bridgehead atoms. The lowest BCUT2D eigenvalue weighted by molar-refractivity contribution is 0.347. The number of hydrogen-bond donors (Lipinski definition) is 1. The molecule has 0 amide bonds. The van der Waals surface area contributed by atoms with Crippen molar-refractivity contribution in [1.29, 1.82) is 0 Å². The normalized spacial score (nSPS) is 11.1. The third-order valence-electron chi connectivity index (χ3n) is 1.21. The van der Waals surface area contributed by atoms with Crippen LogP contribution < -0.4 is 5.73 Å². The average Bonchev–Trinajstić information content (AvgIpc) is 2.26. The molecule has 0 aliphatic heterocycles. The van der Waals surface area contributed by atoms with Gasteiger partial charge in [-0.3, -0.25) is 4.98 Å². The summed E-state index contributed by atoms with van der Waals surface area (Å²) in [5, 5.41) is 3.60.